The third kappa shape index (κ3) is 6.10. The predicted octanol–water partition coefficient (Wildman–Crippen LogP) is 1.19. The molecule has 1 amide bonds. The summed E-state index contributed by atoms with van der Waals surface area (Å²) in [6.45, 7) is 4.71. The van der Waals surface area contributed by atoms with E-state index in [2.05, 4.69) is 10.6 Å². The van der Waals surface area contributed by atoms with Crippen LogP contribution in [0.2, 0.25) is 0 Å². The van der Waals surface area contributed by atoms with Crippen molar-refractivity contribution in [3.8, 4) is 11.5 Å². The first kappa shape index (κ1) is 15.3. The summed E-state index contributed by atoms with van der Waals surface area (Å²) in [6, 6.07) is 7.39. The van der Waals surface area contributed by atoms with Gasteiger partial charge in [0.2, 0.25) is 5.91 Å². The van der Waals surface area contributed by atoms with E-state index in [4.69, 9.17) is 9.47 Å². The minimum absolute atomic E-state index is 0.00667. The molecule has 2 N–H and O–H groups in total. The third-order valence-corrected chi connectivity index (χ3v) is 2.53. The quantitative estimate of drug-likeness (QED) is 0.659. The summed E-state index contributed by atoms with van der Waals surface area (Å²) in [5, 5.41) is 5.96. The van der Waals surface area contributed by atoms with Gasteiger partial charge in [-0.2, -0.15) is 0 Å². The van der Waals surface area contributed by atoms with E-state index in [1.54, 1.807) is 7.11 Å². The Morgan fingerprint density at radius 2 is 1.95 bits per heavy atom. The number of methoxy groups -OCH3 is 1. The van der Waals surface area contributed by atoms with E-state index in [1.165, 1.54) is 0 Å². The number of hydrogen-bond acceptors (Lipinski definition) is 4. The van der Waals surface area contributed by atoms with Crippen molar-refractivity contribution in [1.82, 2.24) is 10.6 Å². The molecule has 106 valence electrons. The Morgan fingerprint density at radius 1 is 1.21 bits per heavy atom. The smallest absolute Gasteiger partial charge is 0.223 e. The van der Waals surface area contributed by atoms with Crippen molar-refractivity contribution in [2.75, 3.05) is 33.4 Å². The number of benzene rings is 1. The van der Waals surface area contributed by atoms with E-state index in [1.807, 2.05) is 31.2 Å². The average molecular weight is 266 g/mol. The minimum atomic E-state index is -0.00667. The SMILES string of the molecule is CCNCCNC(=O)CCOc1ccccc1OC. The Labute approximate surface area is 114 Å². The molecule has 5 nitrogen and oxygen atoms in total. The van der Waals surface area contributed by atoms with Crippen molar-refractivity contribution in [1.29, 1.82) is 0 Å². The Kier molecular flexibility index (Phi) is 7.43. The highest BCUT2D eigenvalue weighted by Crippen LogP contribution is 2.25. The van der Waals surface area contributed by atoms with Crippen molar-refractivity contribution < 1.29 is 14.3 Å². The molecule has 0 aliphatic heterocycles. The van der Waals surface area contributed by atoms with Crippen LogP contribution in [0, 0.1) is 0 Å². The largest absolute Gasteiger partial charge is 0.493 e. The van der Waals surface area contributed by atoms with E-state index in [0.29, 0.717) is 31.1 Å². The van der Waals surface area contributed by atoms with Crippen molar-refractivity contribution in [2.45, 2.75) is 13.3 Å². The molecule has 0 aromatic heterocycles. The average Bonchev–Trinajstić information content (AvgIpc) is 2.44. The summed E-state index contributed by atoms with van der Waals surface area (Å²) in [7, 11) is 1.59. The van der Waals surface area contributed by atoms with Gasteiger partial charge in [-0.3, -0.25) is 4.79 Å². The molecule has 0 bridgehead atoms. The first-order valence-electron chi connectivity index (χ1n) is 6.51. The first-order chi connectivity index (χ1) is 9.27. The number of amides is 1. The fourth-order valence-electron chi connectivity index (χ4n) is 1.55. The molecule has 0 saturated heterocycles. The number of rotatable bonds is 9. The third-order valence-electron chi connectivity index (χ3n) is 2.53. The van der Waals surface area contributed by atoms with Crippen LogP contribution in [0.5, 0.6) is 11.5 Å². The number of ether oxygens (including phenoxy) is 2. The van der Waals surface area contributed by atoms with Crippen LogP contribution in [0.1, 0.15) is 13.3 Å². The summed E-state index contributed by atoms with van der Waals surface area (Å²) in [5.74, 6) is 1.33. The summed E-state index contributed by atoms with van der Waals surface area (Å²) in [6.07, 6.45) is 0.337. The van der Waals surface area contributed by atoms with Crippen LogP contribution in [0.15, 0.2) is 24.3 Å². The van der Waals surface area contributed by atoms with E-state index >= 15 is 0 Å². The van der Waals surface area contributed by atoms with Crippen molar-refractivity contribution in [3.63, 3.8) is 0 Å². The number of likely N-dealkylation sites (N-methyl/N-ethyl adjacent to an activating group) is 1. The van der Waals surface area contributed by atoms with Gasteiger partial charge >= 0.3 is 0 Å². The molecule has 0 aliphatic rings. The van der Waals surface area contributed by atoms with E-state index in [9.17, 15) is 4.79 Å². The summed E-state index contributed by atoms with van der Waals surface area (Å²) >= 11 is 0. The molecule has 0 fully saturated rings. The highest BCUT2D eigenvalue weighted by atomic mass is 16.5. The summed E-state index contributed by atoms with van der Waals surface area (Å²) in [4.78, 5) is 11.5. The topological polar surface area (TPSA) is 59.6 Å². The van der Waals surface area contributed by atoms with Gasteiger partial charge in [0.1, 0.15) is 0 Å². The van der Waals surface area contributed by atoms with Crippen LogP contribution in [0.4, 0.5) is 0 Å². The van der Waals surface area contributed by atoms with Gasteiger partial charge in [-0.25, -0.2) is 0 Å². The van der Waals surface area contributed by atoms with Crippen molar-refractivity contribution in [2.24, 2.45) is 0 Å². The standard InChI is InChI=1S/C14H22N2O3/c1-3-15-9-10-16-14(17)8-11-19-13-7-5-4-6-12(13)18-2/h4-7,15H,3,8-11H2,1-2H3,(H,16,17). The van der Waals surface area contributed by atoms with Crippen LogP contribution < -0.4 is 20.1 Å². The number of carbonyl (C=O) groups is 1. The van der Waals surface area contributed by atoms with Gasteiger partial charge in [0.25, 0.3) is 0 Å². The summed E-state index contributed by atoms with van der Waals surface area (Å²) < 4.78 is 10.7. The zero-order chi connectivity index (χ0) is 13.9. The molecule has 19 heavy (non-hydrogen) atoms. The van der Waals surface area contributed by atoms with Gasteiger partial charge in [0.05, 0.1) is 20.1 Å². The van der Waals surface area contributed by atoms with Gasteiger partial charge in [-0.05, 0) is 18.7 Å². The number of hydrogen-bond donors (Lipinski definition) is 2. The lowest BCUT2D eigenvalue weighted by Gasteiger charge is -2.10. The second kappa shape index (κ2) is 9.22. The second-order valence-corrected chi connectivity index (χ2v) is 3.95. The van der Waals surface area contributed by atoms with E-state index in [-0.39, 0.29) is 5.91 Å². The lowest BCUT2D eigenvalue weighted by atomic mass is 10.3. The fraction of sp³-hybridized carbons (Fsp3) is 0.500. The number of para-hydroxylation sites is 2. The minimum Gasteiger partial charge on any atom is -0.493 e. The van der Waals surface area contributed by atoms with Gasteiger partial charge in [0, 0.05) is 13.1 Å². The maximum atomic E-state index is 11.5. The van der Waals surface area contributed by atoms with Crippen molar-refractivity contribution >= 4 is 5.91 Å². The molecule has 0 atom stereocenters. The molecule has 0 heterocycles. The highest BCUT2D eigenvalue weighted by molar-refractivity contribution is 5.75. The zero-order valence-corrected chi connectivity index (χ0v) is 11.6. The maximum absolute atomic E-state index is 11.5. The molecular formula is C14H22N2O3. The molecule has 0 radical (unpaired) electrons. The van der Waals surface area contributed by atoms with Gasteiger partial charge in [0.15, 0.2) is 11.5 Å². The van der Waals surface area contributed by atoms with Gasteiger partial charge < -0.3 is 20.1 Å². The molecule has 1 aromatic carbocycles. The Hall–Kier alpha value is -1.75. The Balaban J connectivity index is 2.20. The molecule has 0 aliphatic carbocycles. The van der Waals surface area contributed by atoms with E-state index < -0.39 is 0 Å². The molecule has 0 saturated carbocycles. The number of nitrogens with one attached hydrogen (secondary N) is 2. The van der Waals surface area contributed by atoms with Gasteiger partial charge in [-0.15, -0.1) is 0 Å². The molecule has 1 rings (SSSR count). The maximum Gasteiger partial charge on any atom is 0.223 e. The van der Waals surface area contributed by atoms with Gasteiger partial charge in [-0.1, -0.05) is 19.1 Å². The zero-order valence-electron chi connectivity index (χ0n) is 11.6. The predicted molar refractivity (Wildman–Crippen MR) is 74.7 cm³/mol. The summed E-state index contributed by atoms with van der Waals surface area (Å²) in [5.41, 5.74) is 0. The van der Waals surface area contributed by atoms with Crippen LogP contribution >= 0.6 is 0 Å². The number of carbonyl (C=O) groups excluding carboxylic acids is 1. The van der Waals surface area contributed by atoms with Crippen LogP contribution in [-0.4, -0.2) is 39.3 Å². The molecule has 0 unspecified atom stereocenters. The lowest BCUT2D eigenvalue weighted by molar-refractivity contribution is -0.121. The monoisotopic (exact) mass is 266 g/mol. The molecule has 1 aromatic rings. The van der Waals surface area contributed by atoms with Crippen molar-refractivity contribution in [3.05, 3.63) is 24.3 Å². The van der Waals surface area contributed by atoms with Crippen LogP contribution in [0.3, 0.4) is 0 Å². The normalized spacial score (nSPS) is 10.0. The molecule has 0 spiro atoms. The molecule has 5 heteroatoms. The lowest BCUT2D eigenvalue weighted by Crippen LogP contribution is -2.32. The first-order valence-corrected chi connectivity index (χ1v) is 6.51. The Morgan fingerprint density at radius 3 is 2.63 bits per heavy atom. The van der Waals surface area contributed by atoms with Crippen LogP contribution in [-0.2, 0) is 4.79 Å². The van der Waals surface area contributed by atoms with E-state index in [0.717, 1.165) is 13.1 Å². The Bertz CT molecular complexity index is 383. The van der Waals surface area contributed by atoms with Crippen LogP contribution in [0.25, 0.3) is 0 Å². The molecular weight excluding hydrogens is 244 g/mol. The highest BCUT2D eigenvalue weighted by Gasteiger charge is 2.04. The second-order valence-electron chi connectivity index (χ2n) is 3.95. The fourth-order valence-corrected chi connectivity index (χ4v) is 1.55.